The molecule has 20 heavy (non-hydrogen) atoms. The monoisotopic (exact) mass is 270 g/mol. The molecule has 0 aliphatic heterocycles. The minimum Gasteiger partial charge on any atom is -0.426 e. The van der Waals surface area contributed by atoms with Gasteiger partial charge in [0.1, 0.15) is 5.75 Å². The van der Waals surface area contributed by atoms with Crippen LogP contribution in [0.15, 0.2) is 42.5 Å². The highest BCUT2D eigenvalue weighted by Crippen LogP contribution is 2.26. The fourth-order valence-corrected chi connectivity index (χ4v) is 2.31. The summed E-state index contributed by atoms with van der Waals surface area (Å²) in [5, 5.41) is 2.08. The number of hydrogen-bond donors (Lipinski definition) is 0. The number of carbonyl (C=O) groups excluding carboxylic acids is 1. The van der Waals surface area contributed by atoms with Crippen LogP contribution >= 0.6 is 0 Å². The second kappa shape index (κ2) is 7.09. The SMILES string of the molecule is CCCCCC(C)C(=O)Oc1cccc2ccccc12. The first-order valence-electron chi connectivity index (χ1n) is 7.42. The lowest BCUT2D eigenvalue weighted by Crippen LogP contribution is -2.17. The first-order chi connectivity index (χ1) is 9.72. The normalized spacial score (nSPS) is 12.3. The lowest BCUT2D eigenvalue weighted by Gasteiger charge is -2.12. The van der Waals surface area contributed by atoms with Gasteiger partial charge in [-0.25, -0.2) is 0 Å². The topological polar surface area (TPSA) is 26.3 Å². The Morgan fingerprint density at radius 2 is 1.85 bits per heavy atom. The Hall–Kier alpha value is -1.83. The van der Waals surface area contributed by atoms with E-state index in [1.54, 1.807) is 0 Å². The molecule has 0 saturated heterocycles. The first kappa shape index (κ1) is 14.6. The number of ether oxygens (including phenoxy) is 1. The minimum atomic E-state index is -0.127. The van der Waals surface area contributed by atoms with Gasteiger partial charge in [0.2, 0.25) is 0 Å². The molecule has 0 aromatic heterocycles. The van der Waals surface area contributed by atoms with Crippen molar-refractivity contribution in [2.75, 3.05) is 0 Å². The quantitative estimate of drug-likeness (QED) is 0.421. The van der Waals surface area contributed by atoms with Crippen LogP contribution in [0.1, 0.15) is 39.5 Å². The number of esters is 1. The molecule has 2 aromatic carbocycles. The lowest BCUT2D eigenvalue weighted by molar-refractivity contribution is -0.138. The van der Waals surface area contributed by atoms with Crippen molar-refractivity contribution in [2.24, 2.45) is 5.92 Å². The Labute approximate surface area is 120 Å². The second-order valence-corrected chi connectivity index (χ2v) is 5.30. The van der Waals surface area contributed by atoms with Gasteiger partial charge in [-0.1, -0.05) is 69.5 Å². The standard InChI is InChI=1S/C18H22O2/c1-3-4-5-9-14(2)18(19)20-17-13-8-11-15-10-6-7-12-16(15)17/h6-8,10-14H,3-5,9H2,1-2H3. The Balaban J connectivity index is 2.06. The smallest absolute Gasteiger partial charge is 0.314 e. The molecule has 0 spiro atoms. The maximum Gasteiger partial charge on any atom is 0.314 e. The molecule has 2 heteroatoms. The number of carbonyl (C=O) groups is 1. The van der Waals surface area contributed by atoms with E-state index in [4.69, 9.17) is 4.74 Å². The maximum absolute atomic E-state index is 12.1. The summed E-state index contributed by atoms with van der Waals surface area (Å²) in [6.45, 7) is 4.11. The first-order valence-corrected chi connectivity index (χ1v) is 7.42. The van der Waals surface area contributed by atoms with Gasteiger partial charge in [-0.3, -0.25) is 4.79 Å². The van der Waals surface area contributed by atoms with Crippen molar-refractivity contribution in [3.05, 3.63) is 42.5 Å². The molecular formula is C18H22O2. The Kier molecular flexibility index (Phi) is 5.16. The molecule has 0 amide bonds. The van der Waals surface area contributed by atoms with Crippen molar-refractivity contribution < 1.29 is 9.53 Å². The van der Waals surface area contributed by atoms with Gasteiger partial charge < -0.3 is 4.74 Å². The predicted molar refractivity (Wildman–Crippen MR) is 82.9 cm³/mol. The number of rotatable bonds is 6. The zero-order chi connectivity index (χ0) is 14.4. The molecule has 106 valence electrons. The van der Waals surface area contributed by atoms with Gasteiger partial charge in [-0.15, -0.1) is 0 Å². The summed E-state index contributed by atoms with van der Waals surface area (Å²) < 4.78 is 5.58. The van der Waals surface area contributed by atoms with Crippen LogP contribution in [0, 0.1) is 5.92 Å². The summed E-state index contributed by atoms with van der Waals surface area (Å²) in [4.78, 5) is 12.1. The van der Waals surface area contributed by atoms with Gasteiger partial charge in [-0.05, 0) is 17.9 Å². The number of benzene rings is 2. The molecule has 2 nitrogen and oxygen atoms in total. The Morgan fingerprint density at radius 1 is 1.10 bits per heavy atom. The van der Waals surface area contributed by atoms with Crippen molar-refractivity contribution in [1.82, 2.24) is 0 Å². The molecular weight excluding hydrogens is 248 g/mol. The highest BCUT2D eigenvalue weighted by Gasteiger charge is 2.15. The van der Waals surface area contributed by atoms with Crippen molar-refractivity contribution in [2.45, 2.75) is 39.5 Å². The molecule has 1 atom stereocenters. The zero-order valence-electron chi connectivity index (χ0n) is 12.3. The van der Waals surface area contributed by atoms with Crippen LogP contribution in [0.5, 0.6) is 5.75 Å². The van der Waals surface area contributed by atoms with E-state index in [1.165, 1.54) is 12.8 Å². The van der Waals surface area contributed by atoms with Crippen LogP contribution < -0.4 is 4.74 Å². The molecule has 0 aliphatic rings. The third kappa shape index (κ3) is 3.60. The van der Waals surface area contributed by atoms with E-state index in [1.807, 2.05) is 49.4 Å². The highest BCUT2D eigenvalue weighted by molar-refractivity contribution is 5.90. The Morgan fingerprint density at radius 3 is 2.65 bits per heavy atom. The molecule has 0 radical (unpaired) electrons. The summed E-state index contributed by atoms with van der Waals surface area (Å²) >= 11 is 0. The van der Waals surface area contributed by atoms with Gasteiger partial charge in [0.05, 0.1) is 5.92 Å². The van der Waals surface area contributed by atoms with Gasteiger partial charge in [0.15, 0.2) is 0 Å². The van der Waals surface area contributed by atoms with Gasteiger partial charge >= 0.3 is 5.97 Å². The van der Waals surface area contributed by atoms with Gasteiger partial charge in [0.25, 0.3) is 0 Å². The average molecular weight is 270 g/mol. The zero-order valence-corrected chi connectivity index (χ0v) is 12.3. The summed E-state index contributed by atoms with van der Waals surface area (Å²) in [5.74, 6) is 0.494. The second-order valence-electron chi connectivity index (χ2n) is 5.30. The van der Waals surface area contributed by atoms with Gasteiger partial charge in [0, 0.05) is 5.39 Å². The van der Waals surface area contributed by atoms with E-state index in [2.05, 4.69) is 6.92 Å². The van der Waals surface area contributed by atoms with Crippen molar-refractivity contribution in [3.8, 4) is 5.75 Å². The molecule has 0 saturated carbocycles. The number of unbranched alkanes of at least 4 members (excludes halogenated alkanes) is 2. The maximum atomic E-state index is 12.1. The van der Waals surface area contributed by atoms with E-state index in [9.17, 15) is 4.79 Å². The number of hydrogen-bond acceptors (Lipinski definition) is 2. The molecule has 2 aromatic rings. The molecule has 0 N–H and O–H groups in total. The van der Waals surface area contributed by atoms with Crippen molar-refractivity contribution in [3.63, 3.8) is 0 Å². The molecule has 0 fully saturated rings. The average Bonchev–Trinajstić information content (AvgIpc) is 2.47. The van der Waals surface area contributed by atoms with Crippen LogP contribution in [0.3, 0.4) is 0 Å². The van der Waals surface area contributed by atoms with Crippen LogP contribution in [0.2, 0.25) is 0 Å². The summed E-state index contributed by atoms with van der Waals surface area (Å²) in [7, 11) is 0. The molecule has 0 aliphatic carbocycles. The van der Waals surface area contributed by atoms with E-state index in [0.717, 1.165) is 23.6 Å². The van der Waals surface area contributed by atoms with Gasteiger partial charge in [-0.2, -0.15) is 0 Å². The summed E-state index contributed by atoms with van der Waals surface area (Å²) in [6, 6.07) is 13.8. The third-order valence-electron chi connectivity index (χ3n) is 3.60. The van der Waals surface area contributed by atoms with E-state index in [0.29, 0.717) is 5.75 Å². The molecule has 2 rings (SSSR count). The van der Waals surface area contributed by atoms with E-state index < -0.39 is 0 Å². The van der Waals surface area contributed by atoms with Crippen LogP contribution in [0.25, 0.3) is 10.8 Å². The van der Waals surface area contributed by atoms with Crippen molar-refractivity contribution in [1.29, 1.82) is 0 Å². The summed E-state index contributed by atoms with van der Waals surface area (Å²) in [6.07, 6.45) is 4.33. The number of fused-ring (bicyclic) bond motifs is 1. The molecule has 1 unspecified atom stereocenters. The fraction of sp³-hybridized carbons (Fsp3) is 0.389. The highest BCUT2D eigenvalue weighted by atomic mass is 16.5. The lowest BCUT2D eigenvalue weighted by atomic mass is 10.0. The van der Waals surface area contributed by atoms with Crippen LogP contribution in [-0.4, -0.2) is 5.97 Å². The van der Waals surface area contributed by atoms with Crippen LogP contribution in [-0.2, 0) is 4.79 Å². The largest absolute Gasteiger partial charge is 0.426 e. The predicted octanol–water partition coefficient (Wildman–Crippen LogP) is 4.96. The van der Waals surface area contributed by atoms with Crippen LogP contribution in [0.4, 0.5) is 0 Å². The van der Waals surface area contributed by atoms with E-state index >= 15 is 0 Å². The fourth-order valence-electron chi connectivity index (χ4n) is 2.31. The molecule has 0 bridgehead atoms. The van der Waals surface area contributed by atoms with E-state index in [-0.39, 0.29) is 11.9 Å². The summed E-state index contributed by atoms with van der Waals surface area (Å²) in [5.41, 5.74) is 0. The third-order valence-corrected chi connectivity index (χ3v) is 3.60. The molecule has 0 heterocycles. The minimum absolute atomic E-state index is 0.0412. The Bertz CT molecular complexity index is 569. The van der Waals surface area contributed by atoms with Crippen molar-refractivity contribution >= 4 is 16.7 Å².